The molecule has 0 amide bonds. The SMILES string of the molecule is CS(=O)(=O)Nc1ccc2c[c]ncc2c1. The Balaban J connectivity index is 2.48. The summed E-state index contributed by atoms with van der Waals surface area (Å²) in [5.41, 5.74) is 0.540. The van der Waals surface area contributed by atoms with Gasteiger partial charge in [0.2, 0.25) is 10.0 Å². The van der Waals surface area contributed by atoms with Crippen molar-refractivity contribution in [2.45, 2.75) is 0 Å². The van der Waals surface area contributed by atoms with Crippen molar-refractivity contribution in [3.8, 4) is 0 Å². The van der Waals surface area contributed by atoms with E-state index in [0.29, 0.717) is 5.69 Å². The van der Waals surface area contributed by atoms with E-state index in [-0.39, 0.29) is 0 Å². The van der Waals surface area contributed by atoms with E-state index in [1.807, 2.05) is 6.07 Å². The Bertz CT molecular complexity index is 593. The topological polar surface area (TPSA) is 59.1 Å². The predicted molar refractivity (Wildman–Crippen MR) is 59.0 cm³/mol. The monoisotopic (exact) mass is 221 g/mol. The lowest BCUT2D eigenvalue weighted by atomic mass is 10.2. The quantitative estimate of drug-likeness (QED) is 0.834. The molecule has 0 spiro atoms. The zero-order valence-electron chi connectivity index (χ0n) is 8.06. The second-order valence-corrected chi connectivity index (χ2v) is 5.00. The van der Waals surface area contributed by atoms with Gasteiger partial charge in [-0.3, -0.25) is 9.71 Å². The van der Waals surface area contributed by atoms with Gasteiger partial charge in [-0.05, 0) is 23.6 Å². The molecule has 1 aromatic heterocycles. The molecule has 5 heteroatoms. The van der Waals surface area contributed by atoms with Gasteiger partial charge in [0.25, 0.3) is 0 Å². The number of sulfonamides is 1. The van der Waals surface area contributed by atoms with Gasteiger partial charge in [0.1, 0.15) is 0 Å². The highest BCUT2D eigenvalue weighted by atomic mass is 32.2. The van der Waals surface area contributed by atoms with Gasteiger partial charge >= 0.3 is 0 Å². The second-order valence-electron chi connectivity index (χ2n) is 3.25. The van der Waals surface area contributed by atoms with Crippen LogP contribution in [0.15, 0.2) is 30.5 Å². The number of hydrogen-bond donors (Lipinski definition) is 1. The van der Waals surface area contributed by atoms with Gasteiger partial charge in [0.05, 0.1) is 12.5 Å². The molecule has 0 atom stereocenters. The molecule has 77 valence electrons. The predicted octanol–water partition coefficient (Wildman–Crippen LogP) is 1.41. The highest BCUT2D eigenvalue weighted by Crippen LogP contribution is 2.18. The van der Waals surface area contributed by atoms with Crippen LogP contribution in [0, 0.1) is 6.20 Å². The van der Waals surface area contributed by atoms with Gasteiger partial charge in [-0.2, -0.15) is 0 Å². The minimum absolute atomic E-state index is 0.540. The third-order valence-electron chi connectivity index (χ3n) is 1.89. The second kappa shape index (κ2) is 3.51. The van der Waals surface area contributed by atoms with Gasteiger partial charge in [-0.15, -0.1) is 0 Å². The maximum Gasteiger partial charge on any atom is 0.229 e. The molecule has 2 aromatic rings. The molecule has 0 saturated heterocycles. The number of anilines is 1. The van der Waals surface area contributed by atoms with Crippen LogP contribution in [0.3, 0.4) is 0 Å². The molecule has 1 radical (unpaired) electrons. The van der Waals surface area contributed by atoms with E-state index in [4.69, 9.17) is 0 Å². The number of fused-ring (bicyclic) bond motifs is 1. The number of aromatic nitrogens is 1. The van der Waals surface area contributed by atoms with Crippen molar-refractivity contribution < 1.29 is 8.42 Å². The van der Waals surface area contributed by atoms with Gasteiger partial charge in [-0.25, -0.2) is 8.42 Å². The Kier molecular flexibility index (Phi) is 2.32. The standard InChI is InChI=1S/C10H9N2O2S/c1-15(13,14)12-10-3-2-8-4-5-11-7-9(8)6-10/h2-4,6-7,12H,1H3. The minimum atomic E-state index is -3.22. The van der Waals surface area contributed by atoms with E-state index in [9.17, 15) is 8.42 Å². The largest absolute Gasteiger partial charge is 0.284 e. The lowest BCUT2D eigenvalue weighted by Gasteiger charge is -2.04. The van der Waals surface area contributed by atoms with E-state index < -0.39 is 10.0 Å². The van der Waals surface area contributed by atoms with Crippen LogP contribution in [0.2, 0.25) is 0 Å². The maximum atomic E-state index is 11.0. The van der Waals surface area contributed by atoms with Crippen molar-refractivity contribution in [3.05, 3.63) is 36.7 Å². The van der Waals surface area contributed by atoms with Crippen LogP contribution in [0.25, 0.3) is 10.8 Å². The lowest BCUT2D eigenvalue weighted by molar-refractivity contribution is 0.607. The molecule has 0 aliphatic heterocycles. The Morgan fingerprint density at radius 2 is 2.13 bits per heavy atom. The summed E-state index contributed by atoms with van der Waals surface area (Å²) in [6.07, 6.45) is 5.48. The fraction of sp³-hybridized carbons (Fsp3) is 0.100. The van der Waals surface area contributed by atoms with Crippen molar-refractivity contribution in [2.75, 3.05) is 11.0 Å². The Labute approximate surface area is 88.0 Å². The minimum Gasteiger partial charge on any atom is -0.284 e. The molecule has 1 aromatic carbocycles. The first-order chi connectivity index (χ1) is 7.04. The van der Waals surface area contributed by atoms with Gasteiger partial charge in [-0.1, -0.05) is 6.07 Å². The first-order valence-electron chi connectivity index (χ1n) is 4.28. The number of nitrogens with one attached hydrogen (secondary N) is 1. The molecular weight excluding hydrogens is 212 g/mol. The summed E-state index contributed by atoms with van der Waals surface area (Å²) in [6.45, 7) is 0. The summed E-state index contributed by atoms with van der Waals surface area (Å²) >= 11 is 0. The first kappa shape index (κ1) is 9.92. The average molecular weight is 221 g/mol. The number of nitrogens with zero attached hydrogens (tertiary/aromatic N) is 1. The summed E-state index contributed by atoms with van der Waals surface area (Å²) in [7, 11) is -3.22. The fourth-order valence-corrected chi connectivity index (χ4v) is 1.86. The average Bonchev–Trinajstić information content (AvgIpc) is 2.15. The van der Waals surface area contributed by atoms with Crippen molar-refractivity contribution >= 4 is 26.5 Å². The highest BCUT2D eigenvalue weighted by Gasteiger charge is 2.02. The van der Waals surface area contributed by atoms with Crippen molar-refractivity contribution in [1.82, 2.24) is 4.98 Å². The van der Waals surface area contributed by atoms with Crippen LogP contribution in [-0.2, 0) is 10.0 Å². The van der Waals surface area contributed by atoms with Crippen LogP contribution in [0.5, 0.6) is 0 Å². The Morgan fingerprint density at radius 3 is 2.87 bits per heavy atom. The molecular formula is C10H9N2O2S. The number of hydrogen-bond acceptors (Lipinski definition) is 3. The molecule has 4 nitrogen and oxygen atoms in total. The smallest absolute Gasteiger partial charge is 0.229 e. The van der Waals surface area contributed by atoms with Crippen molar-refractivity contribution in [3.63, 3.8) is 0 Å². The maximum absolute atomic E-state index is 11.0. The number of benzene rings is 1. The summed E-state index contributed by atoms with van der Waals surface area (Å²) in [6, 6.07) is 7.01. The van der Waals surface area contributed by atoms with Crippen LogP contribution in [0.1, 0.15) is 0 Å². The molecule has 15 heavy (non-hydrogen) atoms. The van der Waals surface area contributed by atoms with Crippen LogP contribution in [0.4, 0.5) is 5.69 Å². The Hall–Kier alpha value is -1.62. The van der Waals surface area contributed by atoms with Crippen molar-refractivity contribution in [2.24, 2.45) is 0 Å². The van der Waals surface area contributed by atoms with E-state index in [0.717, 1.165) is 17.0 Å². The molecule has 0 aliphatic carbocycles. The molecule has 0 fully saturated rings. The normalized spacial score (nSPS) is 11.5. The summed E-state index contributed by atoms with van der Waals surface area (Å²) < 4.78 is 24.4. The van der Waals surface area contributed by atoms with Gasteiger partial charge in [0.15, 0.2) is 0 Å². The highest BCUT2D eigenvalue weighted by molar-refractivity contribution is 7.92. The lowest BCUT2D eigenvalue weighted by Crippen LogP contribution is -2.09. The van der Waals surface area contributed by atoms with Crippen LogP contribution in [-0.4, -0.2) is 19.7 Å². The van der Waals surface area contributed by atoms with E-state index in [1.54, 1.807) is 24.4 Å². The van der Waals surface area contributed by atoms with Gasteiger partial charge in [0, 0.05) is 17.3 Å². The molecule has 2 rings (SSSR count). The molecule has 0 saturated carbocycles. The van der Waals surface area contributed by atoms with Gasteiger partial charge < -0.3 is 0 Å². The zero-order chi connectivity index (χ0) is 10.9. The summed E-state index contributed by atoms with van der Waals surface area (Å²) in [5.74, 6) is 0. The zero-order valence-corrected chi connectivity index (χ0v) is 8.88. The summed E-state index contributed by atoms with van der Waals surface area (Å²) in [5, 5.41) is 1.85. The van der Waals surface area contributed by atoms with Crippen molar-refractivity contribution in [1.29, 1.82) is 0 Å². The number of pyridine rings is 1. The third kappa shape index (κ3) is 2.44. The van der Waals surface area contributed by atoms with E-state index >= 15 is 0 Å². The molecule has 1 heterocycles. The molecule has 0 bridgehead atoms. The number of rotatable bonds is 2. The first-order valence-corrected chi connectivity index (χ1v) is 6.17. The third-order valence-corrected chi connectivity index (χ3v) is 2.49. The van der Waals surface area contributed by atoms with E-state index in [1.165, 1.54) is 0 Å². The summed E-state index contributed by atoms with van der Waals surface area (Å²) in [4.78, 5) is 3.85. The fourth-order valence-electron chi connectivity index (χ4n) is 1.31. The Morgan fingerprint density at radius 1 is 1.33 bits per heavy atom. The molecule has 0 aliphatic rings. The molecule has 1 N–H and O–H groups in total. The molecule has 0 unspecified atom stereocenters. The van der Waals surface area contributed by atoms with E-state index in [2.05, 4.69) is 15.9 Å². The van der Waals surface area contributed by atoms with Crippen LogP contribution >= 0.6 is 0 Å². The van der Waals surface area contributed by atoms with Crippen LogP contribution < -0.4 is 4.72 Å².